The first-order valence-corrected chi connectivity index (χ1v) is 8.08. The van der Waals surface area contributed by atoms with Gasteiger partial charge in [-0.25, -0.2) is 0 Å². The molecule has 0 saturated heterocycles. The quantitative estimate of drug-likeness (QED) is 0.841. The molecule has 2 N–H and O–H groups in total. The van der Waals surface area contributed by atoms with E-state index < -0.39 is 0 Å². The van der Waals surface area contributed by atoms with E-state index in [1.807, 2.05) is 11.4 Å². The largest absolute Gasteiger partial charge is 0.395 e. The molecule has 4 heteroatoms. The average Bonchev–Trinajstić information content (AvgIpc) is 2.91. The Morgan fingerprint density at radius 1 is 1.50 bits per heavy atom. The lowest BCUT2D eigenvalue weighted by Gasteiger charge is -2.29. The second-order valence-electron chi connectivity index (χ2n) is 5.32. The molecule has 1 heterocycles. The Labute approximate surface area is 124 Å². The van der Waals surface area contributed by atoms with Crippen molar-refractivity contribution in [3.63, 3.8) is 0 Å². The molecule has 1 aromatic rings. The topological polar surface area (TPSA) is 49.3 Å². The molecule has 2 atom stereocenters. The van der Waals surface area contributed by atoms with Crippen molar-refractivity contribution in [2.75, 3.05) is 6.61 Å². The van der Waals surface area contributed by atoms with Gasteiger partial charge in [-0.3, -0.25) is 4.79 Å². The zero-order chi connectivity index (χ0) is 14.4. The molecule has 108 valence electrons. The van der Waals surface area contributed by atoms with Gasteiger partial charge in [0.15, 0.2) is 0 Å². The minimum Gasteiger partial charge on any atom is -0.395 e. The van der Waals surface area contributed by atoms with Gasteiger partial charge in [-0.2, -0.15) is 0 Å². The lowest BCUT2D eigenvalue weighted by Crippen LogP contribution is -2.40. The highest BCUT2D eigenvalue weighted by atomic mass is 32.1. The second-order valence-corrected chi connectivity index (χ2v) is 6.23. The molecule has 3 nitrogen and oxygen atoms in total. The first kappa shape index (κ1) is 15.1. The van der Waals surface area contributed by atoms with Crippen molar-refractivity contribution in [3.05, 3.63) is 21.9 Å². The standard InChI is InChI=1S/C16H21NO2S/c1-12-6-2-3-8-15(12)17-16(19)13-10-14(20-11-13)7-4-5-9-18/h10-12,15,18H,2-3,5-6,8-9H2,1H3,(H,17,19). The predicted molar refractivity (Wildman–Crippen MR) is 81.8 cm³/mol. The minimum atomic E-state index is 0.00945. The van der Waals surface area contributed by atoms with Crippen molar-refractivity contribution in [2.45, 2.75) is 45.1 Å². The molecule has 0 spiro atoms. The normalized spacial score (nSPS) is 21.9. The molecular formula is C16H21NO2S. The molecule has 1 saturated carbocycles. The number of carbonyl (C=O) groups is 1. The van der Waals surface area contributed by atoms with Gasteiger partial charge in [-0.05, 0) is 24.8 Å². The fraction of sp³-hybridized carbons (Fsp3) is 0.562. The van der Waals surface area contributed by atoms with Crippen molar-refractivity contribution < 1.29 is 9.90 Å². The van der Waals surface area contributed by atoms with Gasteiger partial charge >= 0.3 is 0 Å². The minimum absolute atomic E-state index is 0.00945. The van der Waals surface area contributed by atoms with E-state index in [4.69, 9.17) is 5.11 Å². The van der Waals surface area contributed by atoms with E-state index in [2.05, 4.69) is 24.1 Å². The number of rotatable bonds is 3. The summed E-state index contributed by atoms with van der Waals surface area (Å²) >= 11 is 1.48. The van der Waals surface area contributed by atoms with Gasteiger partial charge in [0.05, 0.1) is 17.0 Å². The Morgan fingerprint density at radius 2 is 2.30 bits per heavy atom. The van der Waals surface area contributed by atoms with E-state index in [0.29, 0.717) is 23.9 Å². The van der Waals surface area contributed by atoms with Crippen LogP contribution in [-0.2, 0) is 0 Å². The summed E-state index contributed by atoms with van der Waals surface area (Å²) in [6.45, 7) is 2.29. The lowest BCUT2D eigenvalue weighted by atomic mass is 9.86. The monoisotopic (exact) mass is 291 g/mol. The van der Waals surface area contributed by atoms with Crippen LogP contribution in [0.15, 0.2) is 11.4 Å². The number of hydrogen-bond acceptors (Lipinski definition) is 3. The number of hydrogen-bond donors (Lipinski definition) is 2. The Hall–Kier alpha value is -1.31. The maximum absolute atomic E-state index is 12.2. The molecule has 1 amide bonds. The summed E-state index contributed by atoms with van der Waals surface area (Å²) in [6, 6.07) is 2.14. The third-order valence-electron chi connectivity index (χ3n) is 3.74. The summed E-state index contributed by atoms with van der Waals surface area (Å²) in [5.74, 6) is 6.41. The van der Waals surface area contributed by atoms with Gasteiger partial charge in [0.1, 0.15) is 0 Å². The van der Waals surface area contributed by atoms with Crippen molar-refractivity contribution >= 4 is 17.2 Å². The van der Waals surface area contributed by atoms with Gasteiger partial charge < -0.3 is 10.4 Å². The fourth-order valence-corrected chi connectivity index (χ4v) is 3.26. The van der Waals surface area contributed by atoms with Gasteiger partial charge in [0.25, 0.3) is 5.91 Å². The van der Waals surface area contributed by atoms with E-state index in [-0.39, 0.29) is 12.5 Å². The lowest BCUT2D eigenvalue weighted by molar-refractivity contribution is 0.0910. The van der Waals surface area contributed by atoms with Crippen LogP contribution in [0.4, 0.5) is 0 Å². The highest BCUT2D eigenvalue weighted by Crippen LogP contribution is 2.24. The van der Waals surface area contributed by atoms with Crippen LogP contribution in [0.1, 0.15) is 54.3 Å². The Bertz CT molecular complexity index is 512. The summed E-state index contributed by atoms with van der Waals surface area (Å²) in [5.41, 5.74) is 0.695. The highest BCUT2D eigenvalue weighted by molar-refractivity contribution is 7.10. The van der Waals surface area contributed by atoms with E-state index in [0.717, 1.165) is 11.3 Å². The molecule has 1 aliphatic carbocycles. The SMILES string of the molecule is CC1CCCCC1NC(=O)c1csc(C#CCCO)c1. The fourth-order valence-electron chi connectivity index (χ4n) is 2.51. The van der Waals surface area contributed by atoms with Crippen LogP contribution in [0.25, 0.3) is 0 Å². The Balaban J connectivity index is 1.94. The van der Waals surface area contributed by atoms with E-state index >= 15 is 0 Å². The first-order chi connectivity index (χ1) is 9.70. The van der Waals surface area contributed by atoms with Crippen LogP contribution in [-0.4, -0.2) is 23.7 Å². The van der Waals surface area contributed by atoms with Crippen LogP contribution in [0.2, 0.25) is 0 Å². The molecule has 1 aromatic heterocycles. The predicted octanol–water partition coefficient (Wildman–Crippen LogP) is 2.79. The summed E-state index contributed by atoms with van der Waals surface area (Å²) < 4.78 is 0. The van der Waals surface area contributed by atoms with Crippen LogP contribution < -0.4 is 5.32 Å². The maximum atomic E-state index is 12.2. The van der Waals surface area contributed by atoms with Crippen LogP contribution >= 0.6 is 11.3 Å². The number of amides is 1. The van der Waals surface area contributed by atoms with Crippen molar-refractivity contribution in [1.29, 1.82) is 0 Å². The summed E-state index contributed by atoms with van der Waals surface area (Å²) in [6.07, 6.45) is 5.24. The smallest absolute Gasteiger partial charge is 0.252 e. The molecule has 20 heavy (non-hydrogen) atoms. The second kappa shape index (κ2) is 7.47. The molecular weight excluding hydrogens is 270 g/mol. The number of thiophene rings is 1. The van der Waals surface area contributed by atoms with Gasteiger partial charge in [-0.1, -0.05) is 31.6 Å². The van der Waals surface area contributed by atoms with Crippen molar-refractivity contribution in [3.8, 4) is 11.8 Å². The molecule has 2 unspecified atom stereocenters. The number of aliphatic hydroxyl groups excluding tert-OH is 1. The Kier molecular flexibility index (Phi) is 5.63. The highest BCUT2D eigenvalue weighted by Gasteiger charge is 2.23. The van der Waals surface area contributed by atoms with Crippen LogP contribution in [0, 0.1) is 17.8 Å². The summed E-state index contributed by atoms with van der Waals surface area (Å²) in [7, 11) is 0. The molecule has 0 aromatic carbocycles. The molecule has 0 bridgehead atoms. The van der Waals surface area contributed by atoms with Crippen molar-refractivity contribution in [1.82, 2.24) is 5.32 Å². The average molecular weight is 291 g/mol. The zero-order valence-electron chi connectivity index (χ0n) is 11.8. The summed E-state index contributed by atoms with van der Waals surface area (Å²) in [4.78, 5) is 13.1. The van der Waals surface area contributed by atoms with E-state index in [1.54, 1.807) is 0 Å². The number of carbonyl (C=O) groups excluding carboxylic acids is 1. The van der Waals surface area contributed by atoms with Crippen LogP contribution in [0.3, 0.4) is 0 Å². The molecule has 0 aliphatic heterocycles. The van der Waals surface area contributed by atoms with Crippen molar-refractivity contribution in [2.24, 2.45) is 5.92 Å². The number of aliphatic hydroxyl groups is 1. The van der Waals surface area contributed by atoms with Gasteiger partial charge in [0, 0.05) is 17.8 Å². The molecule has 1 fully saturated rings. The summed E-state index contributed by atoms with van der Waals surface area (Å²) in [5, 5.41) is 13.7. The van der Waals surface area contributed by atoms with E-state index in [1.165, 1.54) is 30.6 Å². The maximum Gasteiger partial charge on any atom is 0.252 e. The first-order valence-electron chi connectivity index (χ1n) is 7.20. The zero-order valence-corrected chi connectivity index (χ0v) is 12.6. The number of nitrogens with one attached hydrogen (secondary N) is 1. The van der Waals surface area contributed by atoms with Crippen LogP contribution in [0.5, 0.6) is 0 Å². The van der Waals surface area contributed by atoms with Gasteiger partial charge in [0.2, 0.25) is 0 Å². The third-order valence-corrected chi connectivity index (χ3v) is 4.58. The van der Waals surface area contributed by atoms with Gasteiger partial charge in [-0.15, -0.1) is 11.3 Å². The molecule has 1 aliphatic rings. The molecule has 0 radical (unpaired) electrons. The molecule has 2 rings (SSSR count). The Morgan fingerprint density at radius 3 is 3.05 bits per heavy atom. The third kappa shape index (κ3) is 4.09. The van der Waals surface area contributed by atoms with E-state index in [9.17, 15) is 4.79 Å².